The van der Waals surface area contributed by atoms with Crippen LogP contribution in [0.15, 0.2) is 28.8 Å². The second kappa shape index (κ2) is 4.85. The summed E-state index contributed by atoms with van der Waals surface area (Å²) in [5, 5.41) is 3.95. The first kappa shape index (κ1) is 12.1. The average molecular weight is 255 g/mol. The molecule has 2 rings (SSSR count). The molecule has 1 unspecified atom stereocenters. The van der Waals surface area contributed by atoms with Crippen molar-refractivity contribution in [1.82, 2.24) is 5.16 Å². The molecule has 1 atom stereocenters. The molecule has 1 heterocycles. The van der Waals surface area contributed by atoms with Gasteiger partial charge in [-0.25, -0.2) is 4.39 Å². The van der Waals surface area contributed by atoms with Crippen LogP contribution in [0.5, 0.6) is 0 Å². The third-order valence-corrected chi connectivity index (χ3v) is 2.84. The molecule has 90 valence electrons. The van der Waals surface area contributed by atoms with Crippen LogP contribution < -0.4 is 5.73 Å². The first-order chi connectivity index (χ1) is 8.11. The molecule has 0 fully saturated rings. The van der Waals surface area contributed by atoms with Crippen molar-refractivity contribution < 1.29 is 8.91 Å². The quantitative estimate of drug-likeness (QED) is 0.911. The van der Waals surface area contributed by atoms with Gasteiger partial charge in [0, 0.05) is 11.6 Å². The minimum absolute atomic E-state index is 0.0619. The van der Waals surface area contributed by atoms with E-state index in [2.05, 4.69) is 5.16 Å². The van der Waals surface area contributed by atoms with Crippen molar-refractivity contribution in [2.75, 3.05) is 0 Å². The van der Waals surface area contributed by atoms with Crippen molar-refractivity contribution in [1.29, 1.82) is 0 Å². The number of hydrogen-bond acceptors (Lipinski definition) is 3. The minimum Gasteiger partial charge on any atom is -0.359 e. The van der Waals surface area contributed by atoms with Crippen molar-refractivity contribution in [3.05, 3.63) is 40.9 Å². The third-order valence-electron chi connectivity index (χ3n) is 2.55. The van der Waals surface area contributed by atoms with E-state index in [0.717, 1.165) is 6.42 Å². The van der Waals surface area contributed by atoms with Gasteiger partial charge in [-0.05, 0) is 24.6 Å². The Morgan fingerprint density at radius 2 is 2.24 bits per heavy atom. The molecule has 5 heteroatoms. The molecule has 0 aliphatic carbocycles. The first-order valence-electron chi connectivity index (χ1n) is 5.29. The summed E-state index contributed by atoms with van der Waals surface area (Å²) in [4.78, 5) is 0. The lowest BCUT2D eigenvalue weighted by Gasteiger charge is -2.00. The molecule has 2 N–H and O–H groups in total. The van der Waals surface area contributed by atoms with Crippen LogP contribution in [0.1, 0.15) is 25.1 Å². The third kappa shape index (κ3) is 2.48. The average Bonchev–Trinajstić information content (AvgIpc) is 2.81. The van der Waals surface area contributed by atoms with Gasteiger partial charge in [0.05, 0.1) is 11.1 Å². The monoisotopic (exact) mass is 254 g/mol. The van der Waals surface area contributed by atoms with E-state index < -0.39 is 5.82 Å². The Kier molecular flexibility index (Phi) is 3.45. The normalized spacial score (nSPS) is 12.7. The lowest BCUT2D eigenvalue weighted by atomic mass is 10.1. The van der Waals surface area contributed by atoms with Crippen LogP contribution in [0.2, 0.25) is 5.02 Å². The maximum Gasteiger partial charge on any atom is 0.154 e. The van der Waals surface area contributed by atoms with Crippen molar-refractivity contribution in [2.45, 2.75) is 19.4 Å². The van der Waals surface area contributed by atoms with E-state index in [9.17, 15) is 4.39 Å². The standard InChI is InChI=1S/C12H12ClFN2O/c1-2-10(15)12-6-11(16-17-12)7-3-4-9(14)8(13)5-7/h3-6,10H,2,15H2,1H3. The second-order valence-corrected chi connectivity index (χ2v) is 4.17. The number of benzene rings is 1. The Labute approximate surface area is 103 Å². The number of hydrogen-bond donors (Lipinski definition) is 1. The van der Waals surface area contributed by atoms with Crippen LogP contribution in [0.25, 0.3) is 11.3 Å². The Morgan fingerprint density at radius 3 is 2.88 bits per heavy atom. The van der Waals surface area contributed by atoms with Gasteiger partial charge >= 0.3 is 0 Å². The zero-order valence-corrected chi connectivity index (χ0v) is 10.0. The molecule has 0 amide bonds. The van der Waals surface area contributed by atoms with E-state index in [-0.39, 0.29) is 11.1 Å². The van der Waals surface area contributed by atoms with Crippen LogP contribution in [0.4, 0.5) is 4.39 Å². The molecule has 3 nitrogen and oxygen atoms in total. The van der Waals surface area contributed by atoms with Gasteiger partial charge in [-0.3, -0.25) is 0 Å². The summed E-state index contributed by atoms with van der Waals surface area (Å²) in [5.74, 6) is 0.160. The van der Waals surface area contributed by atoms with Gasteiger partial charge in [0.25, 0.3) is 0 Å². The zero-order valence-electron chi connectivity index (χ0n) is 9.28. The maximum absolute atomic E-state index is 13.0. The number of nitrogens with two attached hydrogens (primary N) is 1. The molecule has 0 bridgehead atoms. The summed E-state index contributed by atoms with van der Waals surface area (Å²) in [7, 11) is 0. The largest absolute Gasteiger partial charge is 0.359 e. The summed E-state index contributed by atoms with van der Waals surface area (Å²) in [6, 6.07) is 5.98. The Balaban J connectivity index is 2.33. The molecular formula is C12H12ClFN2O. The molecule has 0 aliphatic heterocycles. The van der Waals surface area contributed by atoms with Crippen LogP contribution in [0.3, 0.4) is 0 Å². The number of nitrogens with zero attached hydrogens (tertiary/aromatic N) is 1. The summed E-state index contributed by atoms with van der Waals surface area (Å²) < 4.78 is 18.1. The highest BCUT2D eigenvalue weighted by atomic mass is 35.5. The minimum atomic E-state index is -0.454. The molecule has 17 heavy (non-hydrogen) atoms. The second-order valence-electron chi connectivity index (χ2n) is 3.76. The van der Waals surface area contributed by atoms with Gasteiger partial charge < -0.3 is 10.3 Å². The Bertz CT molecular complexity index is 527. The number of halogens is 2. The van der Waals surface area contributed by atoms with E-state index in [1.54, 1.807) is 12.1 Å². The summed E-state index contributed by atoms with van der Waals surface area (Å²) >= 11 is 5.70. The molecule has 0 saturated carbocycles. The van der Waals surface area contributed by atoms with E-state index in [4.69, 9.17) is 21.9 Å². The summed E-state index contributed by atoms with van der Waals surface area (Å²) in [6.07, 6.45) is 0.763. The predicted molar refractivity (Wildman–Crippen MR) is 64.1 cm³/mol. The van der Waals surface area contributed by atoms with Crippen molar-refractivity contribution in [3.63, 3.8) is 0 Å². The fraction of sp³-hybridized carbons (Fsp3) is 0.250. The van der Waals surface area contributed by atoms with Crippen molar-refractivity contribution in [2.24, 2.45) is 5.73 Å². The van der Waals surface area contributed by atoms with Gasteiger partial charge in [-0.15, -0.1) is 0 Å². The van der Waals surface area contributed by atoms with Crippen LogP contribution in [-0.2, 0) is 0 Å². The number of rotatable bonds is 3. The maximum atomic E-state index is 13.0. The molecule has 2 aromatic rings. The highest BCUT2D eigenvalue weighted by Crippen LogP contribution is 2.26. The van der Waals surface area contributed by atoms with Crippen LogP contribution >= 0.6 is 11.6 Å². The summed E-state index contributed by atoms with van der Waals surface area (Å²) in [5.41, 5.74) is 7.13. The summed E-state index contributed by atoms with van der Waals surface area (Å²) in [6.45, 7) is 1.96. The lowest BCUT2D eigenvalue weighted by molar-refractivity contribution is 0.360. The van der Waals surface area contributed by atoms with Crippen molar-refractivity contribution in [3.8, 4) is 11.3 Å². The van der Waals surface area contributed by atoms with Gasteiger partial charge in [0.2, 0.25) is 0 Å². The molecule has 0 spiro atoms. The predicted octanol–water partition coefficient (Wildman–Crippen LogP) is 3.54. The molecule has 0 aliphatic rings. The lowest BCUT2D eigenvalue weighted by Crippen LogP contribution is -2.06. The smallest absolute Gasteiger partial charge is 0.154 e. The molecule has 1 aromatic carbocycles. The van der Waals surface area contributed by atoms with Crippen molar-refractivity contribution >= 4 is 11.6 Å². The zero-order chi connectivity index (χ0) is 12.4. The van der Waals surface area contributed by atoms with Crippen LogP contribution in [-0.4, -0.2) is 5.16 Å². The SMILES string of the molecule is CCC(N)c1cc(-c2ccc(F)c(Cl)c2)no1. The topological polar surface area (TPSA) is 52.0 Å². The molecule has 1 aromatic heterocycles. The van der Waals surface area contributed by atoms with Gasteiger partial charge in [-0.1, -0.05) is 23.7 Å². The van der Waals surface area contributed by atoms with Crippen LogP contribution in [0, 0.1) is 5.82 Å². The van der Waals surface area contributed by atoms with Gasteiger partial charge in [0.1, 0.15) is 11.5 Å². The molecule has 0 radical (unpaired) electrons. The Morgan fingerprint density at radius 1 is 1.47 bits per heavy atom. The van der Waals surface area contributed by atoms with E-state index in [1.807, 2.05) is 6.92 Å². The molecule has 0 saturated heterocycles. The van der Waals surface area contributed by atoms with Gasteiger partial charge in [0.15, 0.2) is 5.76 Å². The Hall–Kier alpha value is -1.39. The highest BCUT2D eigenvalue weighted by molar-refractivity contribution is 6.31. The highest BCUT2D eigenvalue weighted by Gasteiger charge is 2.12. The molecular weight excluding hydrogens is 243 g/mol. The fourth-order valence-electron chi connectivity index (χ4n) is 1.46. The van der Waals surface area contributed by atoms with E-state index in [1.165, 1.54) is 12.1 Å². The van der Waals surface area contributed by atoms with Gasteiger partial charge in [-0.2, -0.15) is 0 Å². The van der Waals surface area contributed by atoms with E-state index in [0.29, 0.717) is 17.0 Å². The van der Waals surface area contributed by atoms with E-state index >= 15 is 0 Å². The fourth-order valence-corrected chi connectivity index (χ4v) is 1.64. The first-order valence-corrected chi connectivity index (χ1v) is 5.67. The number of aromatic nitrogens is 1.